The second-order valence-electron chi connectivity index (χ2n) is 5.89. The van der Waals surface area contributed by atoms with Crippen LogP contribution >= 0.6 is 0 Å². The van der Waals surface area contributed by atoms with Gasteiger partial charge in [0, 0.05) is 0 Å². The van der Waals surface area contributed by atoms with Gasteiger partial charge in [-0.1, -0.05) is 57.1 Å². The van der Waals surface area contributed by atoms with Gasteiger partial charge in [0.15, 0.2) is 0 Å². The molecule has 0 aliphatic carbocycles. The Morgan fingerprint density at radius 2 is 1.70 bits per heavy atom. The molecule has 0 heterocycles. The van der Waals surface area contributed by atoms with E-state index in [9.17, 15) is 18.0 Å². The highest BCUT2D eigenvalue weighted by molar-refractivity contribution is 6.79. The van der Waals surface area contributed by atoms with Crippen LogP contribution in [-0.4, -0.2) is 21.2 Å². The molecule has 0 aliphatic heterocycles. The predicted molar refractivity (Wildman–Crippen MR) is 88.5 cm³/mol. The maximum Gasteiger partial charge on any atom is 0.417 e. The van der Waals surface area contributed by atoms with Crippen molar-refractivity contribution in [2.75, 3.05) is 7.11 Å². The molecule has 0 aromatic heterocycles. The monoisotopic (exact) mass is 346 g/mol. The maximum atomic E-state index is 13.2. The fraction of sp³-hybridized carbons (Fsp3) is 0.588. The highest BCUT2D eigenvalue weighted by Crippen LogP contribution is 2.35. The molecule has 2 nitrogen and oxygen atoms in total. The molecule has 1 rings (SSSR count). The minimum atomic E-state index is -4.56. The summed E-state index contributed by atoms with van der Waals surface area (Å²) in [5.74, 6) is -0.912. The zero-order valence-electron chi connectivity index (χ0n) is 14.2. The summed E-state index contributed by atoms with van der Waals surface area (Å²) in [6.45, 7) is 6.48. The van der Waals surface area contributed by atoms with Crippen molar-refractivity contribution in [3.8, 4) is 0 Å². The molecule has 0 N–H and O–H groups in total. The van der Waals surface area contributed by atoms with Gasteiger partial charge >= 0.3 is 12.1 Å². The lowest BCUT2D eigenvalue weighted by molar-refractivity contribution is -0.138. The lowest BCUT2D eigenvalue weighted by atomic mass is 9.99. The van der Waals surface area contributed by atoms with E-state index in [-0.39, 0.29) is 5.56 Å². The number of esters is 1. The summed E-state index contributed by atoms with van der Waals surface area (Å²) in [4.78, 5) is 11.9. The van der Waals surface area contributed by atoms with Gasteiger partial charge in [0.1, 0.15) is 0 Å². The Morgan fingerprint density at radius 1 is 1.13 bits per heavy atom. The molecule has 0 aliphatic rings. The van der Waals surface area contributed by atoms with E-state index in [0.717, 1.165) is 37.4 Å². The minimum absolute atomic E-state index is 0.325. The smallest absolute Gasteiger partial charge is 0.417 e. The third-order valence-electron chi connectivity index (χ3n) is 5.02. The number of benzene rings is 1. The molecule has 0 unspecified atom stereocenters. The van der Waals surface area contributed by atoms with Gasteiger partial charge in [-0.15, -0.1) is 0 Å². The second kappa shape index (κ2) is 7.99. The number of alkyl halides is 3. The molecular formula is C17H25F3O2Si. The Kier molecular flexibility index (Phi) is 6.86. The Labute approximate surface area is 137 Å². The predicted octanol–water partition coefficient (Wildman–Crippen LogP) is 5.54. The van der Waals surface area contributed by atoms with Gasteiger partial charge in [0.25, 0.3) is 0 Å². The number of rotatable bonds is 7. The average Bonchev–Trinajstić information content (AvgIpc) is 2.54. The van der Waals surface area contributed by atoms with Crippen molar-refractivity contribution in [3.05, 3.63) is 34.9 Å². The molecule has 1 aromatic carbocycles. The van der Waals surface area contributed by atoms with E-state index < -0.39 is 25.8 Å². The van der Waals surface area contributed by atoms with Crippen molar-refractivity contribution >= 4 is 14.0 Å². The van der Waals surface area contributed by atoms with E-state index in [4.69, 9.17) is 0 Å². The van der Waals surface area contributed by atoms with Crippen molar-refractivity contribution in [2.45, 2.75) is 57.5 Å². The van der Waals surface area contributed by atoms with Crippen molar-refractivity contribution in [1.82, 2.24) is 0 Å². The van der Waals surface area contributed by atoms with E-state index in [0.29, 0.717) is 12.0 Å². The van der Waals surface area contributed by atoms with Crippen LogP contribution in [-0.2, 0) is 17.3 Å². The Morgan fingerprint density at radius 3 is 2.13 bits per heavy atom. The molecule has 6 heteroatoms. The molecular weight excluding hydrogens is 321 g/mol. The molecule has 0 saturated carbocycles. The first-order valence-corrected chi connectivity index (χ1v) is 10.8. The number of halogens is 3. The summed E-state index contributed by atoms with van der Waals surface area (Å²) in [5.41, 5.74) is -0.786. The largest absolute Gasteiger partial charge is 0.465 e. The molecule has 1 aromatic rings. The number of methoxy groups -OCH3 is 1. The van der Waals surface area contributed by atoms with E-state index in [1.54, 1.807) is 6.07 Å². The fourth-order valence-corrected chi connectivity index (χ4v) is 6.43. The third-order valence-corrected chi connectivity index (χ3v) is 10.8. The number of hydrogen-bond acceptors (Lipinski definition) is 2. The van der Waals surface area contributed by atoms with Crippen molar-refractivity contribution in [3.63, 3.8) is 0 Å². The van der Waals surface area contributed by atoms with Crippen LogP contribution in [0.1, 0.15) is 42.3 Å². The van der Waals surface area contributed by atoms with E-state index >= 15 is 0 Å². The normalized spacial score (nSPS) is 12.3. The summed E-state index contributed by atoms with van der Waals surface area (Å²) < 4.78 is 44.2. The van der Waals surface area contributed by atoms with E-state index in [2.05, 4.69) is 25.5 Å². The van der Waals surface area contributed by atoms with Crippen LogP contribution in [0.25, 0.3) is 0 Å². The fourth-order valence-electron chi connectivity index (χ4n) is 3.07. The number of aryl methyl sites for hydroxylation is 1. The SMILES string of the molecule is CC[Si](CC)(CC)CCc1cccc(C(F)(F)F)c1C(=O)OC. The zero-order chi connectivity index (χ0) is 17.7. The first-order valence-electron chi connectivity index (χ1n) is 8.02. The van der Waals surface area contributed by atoms with Crippen molar-refractivity contribution < 1.29 is 22.7 Å². The molecule has 0 saturated heterocycles. The molecule has 0 atom stereocenters. The highest BCUT2D eigenvalue weighted by Gasteiger charge is 2.37. The Bertz CT molecular complexity index is 529. The van der Waals surface area contributed by atoms with Crippen LogP contribution in [0.5, 0.6) is 0 Å². The van der Waals surface area contributed by atoms with Gasteiger partial charge in [-0.05, 0) is 18.1 Å². The molecule has 0 fully saturated rings. The number of hydrogen-bond donors (Lipinski definition) is 0. The lowest BCUT2D eigenvalue weighted by Crippen LogP contribution is -2.32. The number of carbonyl (C=O) groups is 1. The standard InChI is InChI=1S/C17H25F3O2Si/c1-5-23(6-2,7-3)12-11-13-9-8-10-14(17(18,19)20)15(13)16(21)22-4/h8-10H,5-7,11-12H2,1-4H3. The molecule has 130 valence electrons. The van der Waals surface area contributed by atoms with Gasteiger partial charge < -0.3 is 4.74 Å². The summed E-state index contributed by atoms with van der Waals surface area (Å²) in [7, 11) is -0.351. The molecule has 0 radical (unpaired) electrons. The van der Waals surface area contributed by atoms with E-state index in [1.165, 1.54) is 6.07 Å². The topological polar surface area (TPSA) is 26.3 Å². The quantitative estimate of drug-likeness (QED) is 0.478. The van der Waals surface area contributed by atoms with Crippen molar-refractivity contribution in [1.29, 1.82) is 0 Å². The van der Waals surface area contributed by atoms with Gasteiger partial charge in [-0.2, -0.15) is 13.2 Å². The number of ether oxygens (including phenoxy) is 1. The van der Waals surface area contributed by atoms with Gasteiger partial charge in [0.2, 0.25) is 0 Å². The molecule has 23 heavy (non-hydrogen) atoms. The van der Waals surface area contributed by atoms with Gasteiger partial charge in [-0.25, -0.2) is 4.79 Å². The molecule has 0 bridgehead atoms. The van der Waals surface area contributed by atoms with Gasteiger partial charge in [0.05, 0.1) is 26.3 Å². The van der Waals surface area contributed by atoms with Crippen LogP contribution in [0.3, 0.4) is 0 Å². The zero-order valence-corrected chi connectivity index (χ0v) is 15.2. The van der Waals surface area contributed by atoms with Gasteiger partial charge in [-0.3, -0.25) is 0 Å². The lowest BCUT2D eigenvalue weighted by Gasteiger charge is -2.28. The van der Waals surface area contributed by atoms with E-state index in [1.807, 2.05) is 0 Å². The number of carbonyl (C=O) groups excluding carboxylic acids is 1. The Balaban J connectivity index is 3.24. The van der Waals surface area contributed by atoms with Crippen LogP contribution in [0.2, 0.25) is 24.2 Å². The van der Waals surface area contributed by atoms with Crippen LogP contribution in [0, 0.1) is 0 Å². The summed E-state index contributed by atoms with van der Waals surface area (Å²) in [6.07, 6.45) is -4.07. The van der Waals surface area contributed by atoms with Crippen LogP contribution in [0.15, 0.2) is 18.2 Å². The van der Waals surface area contributed by atoms with Crippen LogP contribution < -0.4 is 0 Å². The highest BCUT2D eigenvalue weighted by atomic mass is 28.3. The summed E-state index contributed by atoms with van der Waals surface area (Å²) in [5, 5.41) is 0. The second-order valence-corrected chi connectivity index (χ2v) is 11.5. The third kappa shape index (κ3) is 4.59. The average molecular weight is 346 g/mol. The first-order chi connectivity index (χ1) is 10.7. The van der Waals surface area contributed by atoms with Crippen LogP contribution in [0.4, 0.5) is 13.2 Å². The van der Waals surface area contributed by atoms with Crippen molar-refractivity contribution in [2.24, 2.45) is 0 Å². The molecule has 0 amide bonds. The first kappa shape index (κ1) is 19.7. The molecule has 0 spiro atoms. The summed E-state index contributed by atoms with van der Waals surface area (Å²) in [6, 6.07) is 8.13. The Hall–Kier alpha value is -1.30. The minimum Gasteiger partial charge on any atom is -0.465 e. The summed E-state index contributed by atoms with van der Waals surface area (Å²) >= 11 is 0. The maximum absolute atomic E-state index is 13.2.